The number of amides is 1. The maximum atomic E-state index is 13.4. The molecular formula is C15H13ClF5N3O3S2. The number of anilines is 1. The summed E-state index contributed by atoms with van der Waals surface area (Å²) >= 11 is 4.94. The van der Waals surface area contributed by atoms with Crippen LogP contribution in [-0.2, 0) is 17.1 Å². The van der Waals surface area contributed by atoms with Crippen molar-refractivity contribution >= 4 is 45.0 Å². The number of rotatable bonds is 6. The molecule has 0 aliphatic carbocycles. The third-order valence-corrected chi connectivity index (χ3v) is 6.07. The van der Waals surface area contributed by atoms with Crippen molar-refractivity contribution < 1.29 is 35.2 Å². The quantitative estimate of drug-likeness (QED) is 0.373. The van der Waals surface area contributed by atoms with Crippen molar-refractivity contribution in [2.75, 3.05) is 5.32 Å². The molecule has 0 saturated carbocycles. The number of thioether (sulfide) groups is 1. The Hall–Kier alpha value is -1.83. The molecule has 0 fully saturated rings. The van der Waals surface area contributed by atoms with E-state index >= 15 is 0 Å². The lowest BCUT2D eigenvalue weighted by Gasteiger charge is -2.14. The first-order chi connectivity index (χ1) is 13.2. The third-order valence-electron chi connectivity index (χ3n) is 3.40. The van der Waals surface area contributed by atoms with Gasteiger partial charge in [-0.25, -0.2) is 17.2 Å². The lowest BCUT2D eigenvalue weighted by atomic mass is 10.3. The predicted octanol–water partition coefficient (Wildman–Crippen LogP) is 4.09. The molecule has 2 rings (SSSR count). The summed E-state index contributed by atoms with van der Waals surface area (Å²) in [5.41, 5.74) is -5.03. The van der Waals surface area contributed by atoms with Crippen molar-refractivity contribution in [1.29, 1.82) is 0 Å². The van der Waals surface area contributed by atoms with Gasteiger partial charge in [0.15, 0.2) is 11.6 Å². The number of benzene rings is 1. The van der Waals surface area contributed by atoms with Crippen LogP contribution in [0.15, 0.2) is 29.3 Å². The van der Waals surface area contributed by atoms with E-state index in [2.05, 4.69) is 5.32 Å². The normalized spacial score (nSPS) is 13.4. The fourth-order valence-corrected chi connectivity index (χ4v) is 4.56. The van der Waals surface area contributed by atoms with Gasteiger partial charge in [0.1, 0.15) is 10.6 Å². The standard InChI is InChI=1S/C15H13ClF5N3O3S2/c1-7(28-15(19,20)21)23-29(26,27)9-5-12(24(2)6-9)14(25)22-8-3-10(16)13(18)11(17)4-8/h3-7,23H,1-2H3,(H,22,25)/t7-/m1/s1. The zero-order chi connectivity index (χ0) is 22.1. The van der Waals surface area contributed by atoms with Crippen LogP contribution in [0.25, 0.3) is 0 Å². The van der Waals surface area contributed by atoms with Gasteiger partial charge in [-0.3, -0.25) is 4.79 Å². The van der Waals surface area contributed by atoms with Gasteiger partial charge in [0.2, 0.25) is 10.0 Å². The summed E-state index contributed by atoms with van der Waals surface area (Å²) in [5, 5.41) is 0.140. The minimum Gasteiger partial charge on any atom is -0.345 e. The number of alkyl halides is 3. The van der Waals surface area contributed by atoms with Crippen LogP contribution in [0.4, 0.5) is 27.6 Å². The molecule has 6 nitrogen and oxygen atoms in total. The van der Waals surface area contributed by atoms with Gasteiger partial charge < -0.3 is 9.88 Å². The molecule has 2 aromatic rings. The van der Waals surface area contributed by atoms with Gasteiger partial charge in [-0.2, -0.15) is 17.9 Å². The second kappa shape index (κ2) is 8.50. The summed E-state index contributed by atoms with van der Waals surface area (Å²) in [6.07, 6.45) is 1.01. The number of aromatic nitrogens is 1. The van der Waals surface area contributed by atoms with Crippen LogP contribution >= 0.6 is 23.4 Å². The average molecular weight is 478 g/mol. The van der Waals surface area contributed by atoms with Crippen molar-refractivity contribution in [3.05, 3.63) is 46.7 Å². The van der Waals surface area contributed by atoms with E-state index in [9.17, 15) is 35.2 Å². The second-order valence-electron chi connectivity index (χ2n) is 5.71. The minimum absolute atomic E-state index is 0.183. The lowest BCUT2D eigenvalue weighted by Crippen LogP contribution is -2.32. The molecular weight excluding hydrogens is 465 g/mol. The summed E-state index contributed by atoms with van der Waals surface area (Å²) in [6, 6.07) is 2.55. The number of carbonyl (C=O) groups is 1. The van der Waals surface area contributed by atoms with Crippen LogP contribution in [0.1, 0.15) is 17.4 Å². The molecule has 0 unspecified atom stereocenters. The van der Waals surface area contributed by atoms with Crippen LogP contribution < -0.4 is 10.0 Å². The predicted molar refractivity (Wildman–Crippen MR) is 98.2 cm³/mol. The zero-order valence-electron chi connectivity index (χ0n) is 14.6. The molecule has 1 aromatic heterocycles. The van der Waals surface area contributed by atoms with Crippen molar-refractivity contribution in [2.24, 2.45) is 7.05 Å². The molecule has 1 atom stereocenters. The van der Waals surface area contributed by atoms with E-state index in [1.807, 2.05) is 4.72 Å². The average Bonchev–Trinajstić information content (AvgIpc) is 2.93. The number of nitrogens with zero attached hydrogens (tertiary/aromatic N) is 1. The Bertz CT molecular complexity index is 1020. The fraction of sp³-hybridized carbons (Fsp3) is 0.267. The monoisotopic (exact) mass is 477 g/mol. The zero-order valence-corrected chi connectivity index (χ0v) is 17.0. The first-order valence-corrected chi connectivity index (χ1v) is 10.3. The Morgan fingerprint density at radius 1 is 1.24 bits per heavy atom. The topological polar surface area (TPSA) is 80.2 Å². The van der Waals surface area contributed by atoms with E-state index in [-0.39, 0.29) is 11.4 Å². The van der Waals surface area contributed by atoms with E-state index in [1.165, 1.54) is 7.05 Å². The molecule has 0 bridgehead atoms. The molecule has 29 heavy (non-hydrogen) atoms. The Morgan fingerprint density at radius 2 is 1.86 bits per heavy atom. The summed E-state index contributed by atoms with van der Waals surface area (Å²) in [6.45, 7) is 1.01. The molecule has 1 amide bonds. The molecule has 0 aliphatic rings. The smallest absolute Gasteiger partial charge is 0.345 e. The number of hydrogen-bond acceptors (Lipinski definition) is 4. The summed E-state index contributed by atoms with van der Waals surface area (Å²) in [7, 11) is -3.04. The second-order valence-corrected chi connectivity index (χ2v) is 9.23. The minimum atomic E-state index is -4.64. The van der Waals surface area contributed by atoms with Crippen LogP contribution in [0.5, 0.6) is 0 Å². The molecule has 0 saturated heterocycles. The number of halogens is 6. The lowest BCUT2D eigenvalue weighted by molar-refractivity contribution is -0.0333. The van der Waals surface area contributed by atoms with Crippen molar-refractivity contribution in [2.45, 2.75) is 22.7 Å². The largest absolute Gasteiger partial charge is 0.443 e. The maximum absolute atomic E-state index is 13.4. The van der Waals surface area contributed by atoms with Gasteiger partial charge in [-0.15, -0.1) is 0 Å². The Morgan fingerprint density at radius 3 is 2.41 bits per heavy atom. The van der Waals surface area contributed by atoms with Gasteiger partial charge in [-0.05, 0) is 30.8 Å². The fourth-order valence-electron chi connectivity index (χ4n) is 2.24. The number of hydrogen-bond donors (Lipinski definition) is 2. The number of carbonyl (C=O) groups excluding carboxylic acids is 1. The Labute approximate surface area is 171 Å². The Balaban J connectivity index is 2.22. The molecule has 0 radical (unpaired) electrons. The molecule has 2 N–H and O–H groups in total. The van der Waals surface area contributed by atoms with Crippen molar-refractivity contribution in [1.82, 2.24) is 9.29 Å². The highest BCUT2D eigenvalue weighted by atomic mass is 35.5. The van der Waals surface area contributed by atoms with Crippen LogP contribution in [0.3, 0.4) is 0 Å². The van der Waals surface area contributed by atoms with E-state index < -0.39 is 60.1 Å². The molecule has 160 valence electrons. The van der Waals surface area contributed by atoms with Gasteiger partial charge >= 0.3 is 5.51 Å². The van der Waals surface area contributed by atoms with Gasteiger partial charge in [-0.1, -0.05) is 11.6 Å². The first-order valence-electron chi connectivity index (χ1n) is 7.59. The SMILES string of the molecule is C[C@H](NS(=O)(=O)c1cc(C(=O)Nc2cc(F)c(F)c(Cl)c2)n(C)c1)SC(F)(F)F. The molecule has 14 heteroatoms. The summed E-state index contributed by atoms with van der Waals surface area (Å²) in [5.74, 6) is -3.48. The summed E-state index contributed by atoms with van der Waals surface area (Å²) < 4.78 is 91.1. The number of aryl methyl sites for hydroxylation is 1. The molecule has 1 heterocycles. The highest BCUT2D eigenvalue weighted by Crippen LogP contribution is 2.33. The van der Waals surface area contributed by atoms with E-state index in [0.717, 1.165) is 29.8 Å². The van der Waals surface area contributed by atoms with Crippen LogP contribution in [0.2, 0.25) is 5.02 Å². The highest BCUT2D eigenvalue weighted by Gasteiger charge is 2.33. The Kier molecular flexibility index (Phi) is 6.87. The summed E-state index contributed by atoms with van der Waals surface area (Å²) in [4.78, 5) is 11.9. The van der Waals surface area contributed by atoms with Crippen LogP contribution in [0, 0.1) is 11.6 Å². The molecule has 1 aromatic carbocycles. The first kappa shape index (κ1) is 23.4. The van der Waals surface area contributed by atoms with E-state index in [0.29, 0.717) is 6.07 Å². The third kappa shape index (κ3) is 6.07. The van der Waals surface area contributed by atoms with E-state index in [4.69, 9.17) is 11.6 Å². The number of sulfonamides is 1. The number of nitrogens with one attached hydrogen (secondary N) is 2. The molecule has 0 spiro atoms. The maximum Gasteiger partial charge on any atom is 0.443 e. The molecule has 0 aliphatic heterocycles. The van der Waals surface area contributed by atoms with Crippen molar-refractivity contribution in [3.8, 4) is 0 Å². The van der Waals surface area contributed by atoms with Crippen molar-refractivity contribution in [3.63, 3.8) is 0 Å². The highest BCUT2D eigenvalue weighted by molar-refractivity contribution is 8.01. The van der Waals surface area contributed by atoms with Gasteiger partial charge in [0.25, 0.3) is 5.91 Å². The van der Waals surface area contributed by atoms with E-state index in [1.54, 1.807) is 0 Å². The van der Waals surface area contributed by atoms with Crippen LogP contribution in [-0.4, -0.2) is 29.8 Å². The van der Waals surface area contributed by atoms with Gasteiger partial charge in [0.05, 0.1) is 10.4 Å². The van der Waals surface area contributed by atoms with Gasteiger partial charge in [0, 0.05) is 25.0 Å².